The van der Waals surface area contributed by atoms with Crippen molar-refractivity contribution < 1.29 is 18.0 Å². The van der Waals surface area contributed by atoms with Gasteiger partial charge in [0.2, 0.25) is 0 Å². The molecule has 28 heavy (non-hydrogen) atoms. The largest absolute Gasteiger partial charge is 0.405 e. The number of hydrogen-bond acceptors (Lipinski definition) is 4. The zero-order valence-electron chi connectivity index (χ0n) is 15.2. The lowest BCUT2D eigenvalue weighted by atomic mass is 9.98. The van der Waals surface area contributed by atoms with Crippen molar-refractivity contribution in [3.63, 3.8) is 0 Å². The quantitative estimate of drug-likeness (QED) is 0.668. The Bertz CT molecular complexity index is 901. The predicted molar refractivity (Wildman–Crippen MR) is 105 cm³/mol. The van der Waals surface area contributed by atoms with Gasteiger partial charge in [0.25, 0.3) is 5.91 Å². The van der Waals surface area contributed by atoms with Crippen molar-refractivity contribution >= 4 is 34.6 Å². The number of nitrogens with one attached hydrogen (secondary N) is 2. The van der Waals surface area contributed by atoms with E-state index in [4.69, 9.17) is 17.3 Å². The van der Waals surface area contributed by atoms with E-state index in [2.05, 4.69) is 5.32 Å². The predicted octanol–water partition coefficient (Wildman–Crippen LogP) is 3.82. The number of fused-ring (bicyclic) bond motifs is 1. The van der Waals surface area contributed by atoms with Crippen molar-refractivity contribution in [1.29, 1.82) is 0 Å². The number of halogens is 4. The lowest BCUT2D eigenvalue weighted by Gasteiger charge is -2.32. The highest BCUT2D eigenvalue weighted by Crippen LogP contribution is 2.34. The Morgan fingerprint density at radius 1 is 1.25 bits per heavy atom. The van der Waals surface area contributed by atoms with Crippen molar-refractivity contribution in [2.24, 2.45) is 0 Å². The molecule has 0 radical (unpaired) electrons. The summed E-state index contributed by atoms with van der Waals surface area (Å²) < 4.78 is 37.5. The first kappa shape index (κ1) is 20.1. The third-order valence-corrected chi connectivity index (χ3v) is 4.89. The topological polar surface area (TPSA) is 70.4 Å². The molecule has 0 aliphatic carbocycles. The number of hydrogen-bond donors (Lipinski definition) is 3. The van der Waals surface area contributed by atoms with Gasteiger partial charge in [0.1, 0.15) is 6.54 Å². The summed E-state index contributed by atoms with van der Waals surface area (Å²) >= 11 is 6.09. The second-order valence-corrected chi connectivity index (χ2v) is 7.03. The molecule has 0 aromatic heterocycles. The van der Waals surface area contributed by atoms with Gasteiger partial charge in [-0.3, -0.25) is 4.79 Å². The van der Waals surface area contributed by atoms with Crippen LogP contribution < -0.4 is 21.3 Å². The number of carbonyl (C=O) groups is 1. The molecular formula is C19H20ClF3N4O. The van der Waals surface area contributed by atoms with E-state index >= 15 is 0 Å². The van der Waals surface area contributed by atoms with Gasteiger partial charge in [0.15, 0.2) is 0 Å². The van der Waals surface area contributed by atoms with E-state index in [-0.39, 0.29) is 11.3 Å². The van der Waals surface area contributed by atoms with Gasteiger partial charge in [0.05, 0.1) is 22.6 Å². The fourth-order valence-corrected chi connectivity index (χ4v) is 3.47. The number of carbonyl (C=O) groups excluding carboxylic acids is 1. The fraction of sp³-hybridized carbons (Fsp3) is 0.316. The van der Waals surface area contributed by atoms with Crippen LogP contribution >= 0.6 is 11.6 Å². The highest BCUT2D eigenvalue weighted by molar-refractivity contribution is 6.30. The van der Waals surface area contributed by atoms with Gasteiger partial charge in [-0.15, -0.1) is 0 Å². The van der Waals surface area contributed by atoms with Gasteiger partial charge in [-0.2, -0.15) is 13.2 Å². The van der Waals surface area contributed by atoms with Gasteiger partial charge in [-0.1, -0.05) is 17.7 Å². The third-order valence-electron chi connectivity index (χ3n) is 4.65. The van der Waals surface area contributed by atoms with Gasteiger partial charge in [0, 0.05) is 25.2 Å². The van der Waals surface area contributed by atoms with Crippen LogP contribution in [0, 0.1) is 0 Å². The van der Waals surface area contributed by atoms with Crippen molar-refractivity contribution in [3.8, 4) is 0 Å². The Balaban J connectivity index is 1.96. The molecule has 3 rings (SSSR count). The zero-order valence-corrected chi connectivity index (χ0v) is 15.9. The van der Waals surface area contributed by atoms with E-state index in [9.17, 15) is 18.0 Å². The number of nitrogens with zero attached hydrogens (tertiary/aromatic N) is 1. The molecule has 9 heteroatoms. The van der Waals surface area contributed by atoms with Crippen molar-refractivity contribution in [3.05, 3.63) is 52.0 Å². The lowest BCUT2D eigenvalue weighted by Crippen LogP contribution is -2.36. The molecule has 1 aliphatic heterocycles. The normalized spacial score (nSPS) is 13.8. The lowest BCUT2D eigenvalue weighted by molar-refractivity contribution is -0.123. The maximum atomic E-state index is 12.5. The van der Waals surface area contributed by atoms with Gasteiger partial charge in [-0.25, -0.2) is 0 Å². The van der Waals surface area contributed by atoms with Crippen LogP contribution in [0.2, 0.25) is 5.02 Å². The average molecular weight is 413 g/mol. The summed E-state index contributed by atoms with van der Waals surface area (Å²) in [5, 5.41) is 5.47. The first-order chi connectivity index (χ1) is 13.2. The molecule has 2 aromatic rings. The Labute approximate surface area is 165 Å². The molecule has 0 unspecified atom stereocenters. The molecule has 5 nitrogen and oxygen atoms in total. The van der Waals surface area contributed by atoms with E-state index in [1.54, 1.807) is 13.1 Å². The van der Waals surface area contributed by atoms with Crippen LogP contribution in [-0.4, -0.2) is 32.2 Å². The molecule has 0 saturated heterocycles. The minimum Gasteiger partial charge on any atom is -0.397 e. The second kappa shape index (κ2) is 7.79. The maximum Gasteiger partial charge on any atom is 0.405 e. The minimum atomic E-state index is -4.49. The monoisotopic (exact) mass is 412 g/mol. The van der Waals surface area contributed by atoms with Crippen LogP contribution in [0.4, 0.5) is 30.2 Å². The summed E-state index contributed by atoms with van der Waals surface area (Å²) in [5.41, 5.74) is 9.62. The molecule has 0 atom stereocenters. The van der Waals surface area contributed by atoms with Gasteiger partial charge in [-0.05, 0) is 41.8 Å². The highest BCUT2D eigenvalue weighted by atomic mass is 35.5. The number of rotatable bonds is 4. The first-order valence-electron chi connectivity index (χ1n) is 8.66. The van der Waals surface area contributed by atoms with Crippen LogP contribution in [0.25, 0.3) is 0 Å². The second-order valence-electron chi connectivity index (χ2n) is 6.59. The summed E-state index contributed by atoms with van der Waals surface area (Å²) in [5.74, 6) is -0.821. The maximum absolute atomic E-state index is 12.5. The highest BCUT2D eigenvalue weighted by Gasteiger charge is 2.29. The molecule has 150 valence electrons. The number of benzene rings is 2. The van der Waals surface area contributed by atoms with E-state index in [1.807, 2.05) is 28.4 Å². The van der Waals surface area contributed by atoms with Crippen LogP contribution in [0.1, 0.15) is 21.5 Å². The van der Waals surface area contributed by atoms with Crippen LogP contribution in [-0.2, 0) is 13.0 Å². The molecular weight excluding hydrogens is 393 g/mol. The van der Waals surface area contributed by atoms with Gasteiger partial charge < -0.3 is 21.3 Å². The molecule has 0 fully saturated rings. The summed E-state index contributed by atoms with van der Waals surface area (Å²) in [4.78, 5) is 14.4. The van der Waals surface area contributed by atoms with Crippen LogP contribution in [0.15, 0.2) is 30.3 Å². The number of anilines is 3. The van der Waals surface area contributed by atoms with Crippen molar-refractivity contribution in [1.82, 2.24) is 5.32 Å². The summed E-state index contributed by atoms with van der Waals surface area (Å²) in [6, 6.07) is 8.75. The Morgan fingerprint density at radius 3 is 2.68 bits per heavy atom. The standard InChI is InChI=1S/C19H20ClF3N4O/c1-25-16-8-17(14(7-15(16)24)18(28)26-10-19(21,22)23)27-5-4-11-2-3-13(20)6-12(11)9-27/h2-3,6-8,25H,4-5,9-10,24H2,1H3,(H,26,28). The van der Waals surface area contributed by atoms with Crippen molar-refractivity contribution in [2.45, 2.75) is 19.1 Å². The summed E-state index contributed by atoms with van der Waals surface area (Å²) in [6.45, 7) is -0.304. The molecule has 1 heterocycles. The molecule has 1 aliphatic rings. The van der Waals surface area contributed by atoms with Gasteiger partial charge >= 0.3 is 6.18 Å². The van der Waals surface area contributed by atoms with E-state index < -0.39 is 18.6 Å². The zero-order chi connectivity index (χ0) is 20.5. The molecule has 4 N–H and O–H groups in total. The number of amides is 1. The molecule has 1 amide bonds. The number of nitrogen functional groups attached to an aromatic ring is 1. The molecule has 0 bridgehead atoms. The minimum absolute atomic E-state index is 0.103. The molecule has 2 aromatic carbocycles. The summed E-state index contributed by atoms with van der Waals surface area (Å²) in [7, 11) is 1.68. The molecule has 0 spiro atoms. The molecule has 0 saturated carbocycles. The van der Waals surface area contributed by atoms with Crippen molar-refractivity contribution in [2.75, 3.05) is 36.1 Å². The third kappa shape index (κ3) is 4.44. The number of nitrogens with two attached hydrogens (primary N) is 1. The van der Waals surface area contributed by atoms with Crippen LogP contribution in [0.5, 0.6) is 0 Å². The average Bonchev–Trinajstić information content (AvgIpc) is 2.64. The van der Waals surface area contributed by atoms with Crippen LogP contribution in [0.3, 0.4) is 0 Å². The fourth-order valence-electron chi connectivity index (χ4n) is 3.27. The Kier molecular flexibility index (Phi) is 5.60. The van der Waals surface area contributed by atoms with E-state index in [1.165, 1.54) is 6.07 Å². The van der Waals surface area contributed by atoms with E-state index in [0.29, 0.717) is 29.5 Å². The Morgan fingerprint density at radius 2 is 2.00 bits per heavy atom. The number of alkyl halides is 3. The Hall–Kier alpha value is -2.61. The van der Waals surface area contributed by atoms with E-state index in [0.717, 1.165) is 17.5 Å². The first-order valence-corrected chi connectivity index (χ1v) is 9.04. The smallest absolute Gasteiger partial charge is 0.397 e. The summed E-state index contributed by atoms with van der Waals surface area (Å²) in [6.07, 6.45) is -3.76. The SMILES string of the molecule is CNc1cc(N2CCc3ccc(Cl)cc3C2)c(C(=O)NCC(F)(F)F)cc1N.